The van der Waals surface area contributed by atoms with Gasteiger partial charge in [0, 0.05) is 36.0 Å². The third-order valence-electron chi connectivity index (χ3n) is 2.39. The van der Waals surface area contributed by atoms with Crippen molar-refractivity contribution < 1.29 is 0 Å². The number of hydrogen-bond acceptors (Lipinski definition) is 1. The van der Waals surface area contributed by atoms with Crippen molar-refractivity contribution in [1.82, 2.24) is 3.11 Å². The predicted molar refractivity (Wildman–Crippen MR) is 76.2 cm³/mol. The monoisotopic (exact) mass is 323 g/mol. The molecule has 0 bridgehead atoms. The van der Waals surface area contributed by atoms with Crippen LogP contribution in [0.4, 0.5) is 0 Å². The first-order valence-corrected chi connectivity index (χ1v) is 6.29. The van der Waals surface area contributed by atoms with Crippen LogP contribution in [0.5, 0.6) is 0 Å². The molecule has 16 heavy (non-hydrogen) atoms. The SMILES string of the molecule is IN(Cc1ccccc1)Cc1ccccc1. The number of benzene rings is 2. The van der Waals surface area contributed by atoms with Crippen molar-refractivity contribution in [2.24, 2.45) is 0 Å². The Bertz CT molecular complexity index is 372. The molecule has 0 heterocycles. The molecular weight excluding hydrogens is 309 g/mol. The zero-order chi connectivity index (χ0) is 11.2. The Balaban J connectivity index is 1.92. The van der Waals surface area contributed by atoms with Crippen LogP contribution in [-0.4, -0.2) is 3.11 Å². The maximum Gasteiger partial charge on any atom is 0.0336 e. The molecule has 0 fully saturated rings. The smallest absolute Gasteiger partial charge is 0.0336 e. The predicted octanol–water partition coefficient (Wildman–Crippen LogP) is 4.04. The first kappa shape index (κ1) is 11.6. The highest BCUT2D eigenvalue weighted by atomic mass is 127. The van der Waals surface area contributed by atoms with E-state index in [1.807, 2.05) is 0 Å². The molecule has 0 saturated heterocycles. The molecular formula is C14H14IN. The normalized spacial score (nSPS) is 10.6. The number of hydrogen-bond donors (Lipinski definition) is 0. The summed E-state index contributed by atoms with van der Waals surface area (Å²) in [5.41, 5.74) is 2.71. The van der Waals surface area contributed by atoms with Crippen molar-refractivity contribution in [1.29, 1.82) is 0 Å². The molecule has 2 aromatic carbocycles. The van der Waals surface area contributed by atoms with Gasteiger partial charge in [-0.3, -0.25) is 0 Å². The lowest BCUT2D eigenvalue weighted by Gasteiger charge is -2.14. The molecule has 0 N–H and O–H groups in total. The zero-order valence-electron chi connectivity index (χ0n) is 9.01. The van der Waals surface area contributed by atoms with Crippen LogP contribution in [-0.2, 0) is 13.1 Å². The van der Waals surface area contributed by atoms with Crippen molar-refractivity contribution in [3.63, 3.8) is 0 Å². The second kappa shape index (κ2) is 6.01. The summed E-state index contributed by atoms with van der Waals surface area (Å²) >= 11 is 2.38. The van der Waals surface area contributed by atoms with E-state index in [0.29, 0.717) is 0 Å². The summed E-state index contributed by atoms with van der Waals surface area (Å²) < 4.78 is 2.29. The Morgan fingerprint density at radius 1 is 0.688 bits per heavy atom. The van der Waals surface area contributed by atoms with Gasteiger partial charge in [-0.1, -0.05) is 60.7 Å². The van der Waals surface area contributed by atoms with Crippen molar-refractivity contribution >= 4 is 22.9 Å². The van der Waals surface area contributed by atoms with Crippen molar-refractivity contribution in [2.45, 2.75) is 13.1 Å². The Hall–Kier alpha value is -0.870. The van der Waals surface area contributed by atoms with E-state index >= 15 is 0 Å². The second-order valence-corrected chi connectivity index (χ2v) is 5.11. The van der Waals surface area contributed by atoms with E-state index in [1.54, 1.807) is 0 Å². The summed E-state index contributed by atoms with van der Waals surface area (Å²) in [5, 5.41) is 0. The lowest BCUT2D eigenvalue weighted by atomic mass is 10.2. The molecule has 0 radical (unpaired) electrons. The molecule has 0 aliphatic rings. The van der Waals surface area contributed by atoms with Crippen LogP contribution in [0.2, 0.25) is 0 Å². The standard InChI is InChI=1S/C14H14IN/c15-16(11-13-7-3-1-4-8-13)12-14-9-5-2-6-10-14/h1-10H,11-12H2. The van der Waals surface area contributed by atoms with Crippen LogP contribution in [0.3, 0.4) is 0 Å². The molecule has 0 amide bonds. The van der Waals surface area contributed by atoms with Gasteiger partial charge in [-0.05, 0) is 11.1 Å². The van der Waals surface area contributed by atoms with Gasteiger partial charge in [-0.2, -0.15) is 0 Å². The van der Waals surface area contributed by atoms with Gasteiger partial charge in [0.05, 0.1) is 0 Å². The summed E-state index contributed by atoms with van der Waals surface area (Å²) in [7, 11) is 0. The molecule has 0 aromatic heterocycles. The topological polar surface area (TPSA) is 3.24 Å². The highest BCUT2D eigenvalue weighted by Gasteiger charge is 2.02. The minimum atomic E-state index is 0.982. The van der Waals surface area contributed by atoms with E-state index in [0.717, 1.165) is 13.1 Å². The molecule has 2 aromatic rings. The molecule has 0 unspecified atom stereocenters. The largest absolute Gasteiger partial charge is 0.239 e. The molecule has 2 heteroatoms. The minimum absolute atomic E-state index is 0.982. The molecule has 1 nitrogen and oxygen atoms in total. The molecule has 82 valence electrons. The highest BCUT2D eigenvalue weighted by molar-refractivity contribution is 14.1. The summed E-state index contributed by atoms with van der Waals surface area (Å²) in [5.74, 6) is 0. The minimum Gasteiger partial charge on any atom is -0.239 e. The van der Waals surface area contributed by atoms with Gasteiger partial charge in [0.1, 0.15) is 0 Å². The maximum absolute atomic E-state index is 2.38. The fourth-order valence-corrected chi connectivity index (χ4v) is 2.41. The Morgan fingerprint density at radius 2 is 1.06 bits per heavy atom. The molecule has 0 aliphatic carbocycles. The highest BCUT2D eigenvalue weighted by Crippen LogP contribution is 2.13. The van der Waals surface area contributed by atoms with Gasteiger partial charge in [-0.25, -0.2) is 3.11 Å². The van der Waals surface area contributed by atoms with Crippen LogP contribution in [0, 0.1) is 0 Å². The van der Waals surface area contributed by atoms with E-state index in [2.05, 4.69) is 86.6 Å². The lowest BCUT2D eigenvalue weighted by Crippen LogP contribution is -2.10. The van der Waals surface area contributed by atoms with E-state index in [-0.39, 0.29) is 0 Å². The quantitative estimate of drug-likeness (QED) is 0.606. The van der Waals surface area contributed by atoms with Crippen LogP contribution >= 0.6 is 22.9 Å². The summed E-state index contributed by atoms with van der Waals surface area (Å²) in [6.07, 6.45) is 0. The van der Waals surface area contributed by atoms with Gasteiger partial charge in [0.2, 0.25) is 0 Å². The fraction of sp³-hybridized carbons (Fsp3) is 0.143. The molecule has 0 saturated carbocycles. The van der Waals surface area contributed by atoms with Crippen LogP contribution in [0.1, 0.15) is 11.1 Å². The van der Waals surface area contributed by atoms with E-state index in [9.17, 15) is 0 Å². The summed E-state index contributed by atoms with van der Waals surface area (Å²) in [4.78, 5) is 0. The van der Waals surface area contributed by atoms with Gasteiger partial charge in [-0.15, -0.1) is 0 Å². The average molecular weight is 323 g/mol. The first-order chi connectivity index (χ1) is 7.84. The van der Waals surface area contributed by atoms with Crippen molar-refractivity contribution in [3.05, 3.63) is 71.8 Å². The molecule has 0 atom stereocenters. The third-order valence-corrected chi connectivity index (χ3v) is 3.08. The van der Waals surface area contributed by atoms with Gasteiger partial charge in [0.15, 0.2) is 0 Å². The lowest BCUT2D eigenvalue weighted by molar-refractivity contribution is 0.503. The summed E-state index contributed by atoms with van der Waals surface area (Å²) in [6, 6.07) is 21.1. The van der Waals surface area contributed by atoms with Gasteiger partial charge in [0.25, 0.3) is 0 Å². The number of halogens is 1. The fourth-order valence-electron chi connectivity index (χ4n) is 1.62. The first-order valence-electron chi connectivity index (χ1n) is 5.33. The summed E-state index contributed by atoms with van der Waals surface area (Å²) in [6.45, 7) is 1.96. The Morgan fingerprint density at radius 3 is 1.44 bits per heavy atom. The zero-order valence-corrected chi connectivity index (χ0v) is 11.2. The van der Waals surface area contributed by atoms with Crippen molar-refractivity contribution in [3.8, 4) is 0 Å². The molecule has 2 rings (SSSR count). The molecule has 0 spiro atoms. The van der Waals surface area contributed by atoms with E-state index in [1.165, 1.54) is 11.1 Å². The van der Waals surface area contributed by atoms with Gasteiger partial charge < -0.3 is 0 Å². The molecule has 0 aliphatic heterocycles. The average Bonchev–Trinajstić information content (AvgIpc) is 2.31. The van der Waals surface area contributed by atoms with Gasteiger partial charge >= 0.3 is 0 Å². The number of nitrogens with zero attached hydrogens (tertiary/aromatic N) is 1. The Labute approximate surface area is 111 Å². The third kappa shape index (κ3) is 3.61. The number of rotatable bonds is 4. The van der Waals surface area contributed by atoms with E-state index < -0.39 is 0 Å². The van der Waals surface area contributed by atoms with Crippen LogP contribution in [0.15, 0.2) is 60.7 Å². The van der Waals surface area contributed by atoms with Crippen molar-refractivity contribution in [2.75, 3.05) is 0 Å². The second-order valence-electron chi connectivity index (χ2n) is 3.75. The maximum atomic E-state index is 2.38. The Kier molecular flexibility index (Phi) is 4.36. The van der Waals surface area contributed by atoms with Crippen LogP contribution < -0.4 is 0 Å². The van der Waals surface area contributed by atoms with Crippen LogP contribution in [0.25, 0.3) is 0 Å². The van der Waals surface area contributed by atoms with E-state index in [4.69, 9.17) is 0 Å².